The Labute approximate surface area is 230 Å². The Hall–Kier alpha value is -3.53. The summed E-state index contributed by atoms with van der Waals surface area (Å²) in [6, 6.07) is 14.2. The molecule has 0 amide bonds. The summed E-state index contributed by atoms with van der Waals surface area (Å²) < 4.78 is 24.8. The molecule has 5 atom stereocenters. The Bertz CT molecular complexity index is 1440. The minimum absolute atomic E-state index is 0.0698. The fraction of sp³-hybridized carbons (Fsp3) is 0.393. The first-order valence-corrected chi connectivity index (χ1v) is 14.1. The third-order valence-electron chi connectivity index (χ3n) is 6.48. The summed E-state index contributed by atoms with van der Waals surface area (Å²) in [6.45, 7) is 5.26. The van der Waals surface area contributed by atoms with Crippen molar-refractivity contribution >= 4 is 48.1 Å². The van der Waals surface area contributed by atoms with E-state index < -0.39 is 48.2 Å². The SMILES string of the molecule is CC(=O)OCC1O[C@@H](CC(=O)c2ccc(-n3[se]c4ccccc4c3=O)cc2)C(OC(C)=O)[C@@H](C)[C@H]1OC(C)=O. The molecule has 1 aliphatic heterocycles. The van der Waals surface area contributed by atoms with Gasteiger partial charge < -0.3 is 0 Å². The molecule has 2 unspecified atom stereocenters. The Balaban J connectivity index is 1.56. The fourth-order valence-corrected chi connectivity index (χ4v) is 6.81. The summed E-state index contributed by atoms with van der Waals surface area (Å²) in [4.78, 5) is 61.2. The summed E-state index contributed by atoms with van der Waals surface area (Å²) in [7, 11) is 0. The molecule has 4 rings (SSSR count). The smallest absolute Gasteiger partial charge is 0.253 e. The van der Waals surface area contributed by atoms with Crippen molar-refractivity contribution in [3.8, 4) is 5.69 Å². The quantitative estimate of drug-likeness (QED) is 0.165. The number of fused-ring (bicyclic) bond motifs is 1. The van der Waals surface area contributed by atoms with Crippen molar-refractivity contribution in [2.75, 3.05) is 6.61 Å². The molecule has 0 bridgehead atoms. The number of hydrogen-bond acceptors (Lipinski definition) is 9. The summed E-state index contributed by atoms with van der Waals surface area (Å²) in [5.41, 5.74) is 1.02. The number of nitrogens with zero attached hydrogens (tertiary/aromatic N) is 1. The van der Waals surface area contributed by atoms with Gasteiger partial charge in [-0.15, -0.1) is 0 Å². The number of carbonyl (C=O) groups is 4. The molecule has 0 radical (unpaired) electrons. The predicted octanol–water partition coefficient (Wildman–Crippen LogP) is 2.45. The van der Waals surface area contributed by atoms with Crippen LogP contribution in [-0.4, -0.2) is 73.0 Å². The van der Waals surface area contributed by atoms with E-state index in [2.05, 4.69) is 0 Å². The second kappa shape index (κ2) is 12.1. The number of esters is 3. The van der Waals surface area contributed by atoms with Crippen molar-refractivity contribution in [2.45, 2.75) is 58.5 Å². The molecule has 206 valence electrons. The van der Waals surface area contributed by atoms with Crippen molar-refractivity contribution in [1.82, 2.24) is 3.56 Å². The first-order chi connectivity index (χ1) is 18.5. The number of benzene rings is 2. The predicted molar refractivity (Wildman–Crippen MR) is 141 cm³/mol. The molecule has 3 aromatic rings. The molecule has 0 N–H and O–H groups in total. The van der Waals surface area contributed by atoms with Crippen LogP contribution in [0.3, 0.4) is 0 Å². The van der Waals surface area contributed by atoms with Crippen LogP contribution in [0, 0.1) is 5.92 Å². The Kier molecular flexibility index (Phi) is 8.84. The molecule has 0 spiro atoms. The zero-order valence-electron chi connectivity index (χ0n) is 21.9. The van der Waals surface area contributed by atoms with Crippen molar-refractivity contribution in [1.29, 1.82) is 0 Å². The van der Waals surface area contributed by atoms with E-state index in [0.717, 1.165) is 4.26 Å². The normalized spacial score (nSPS) is 22.7. The van der Waals surface area contributed by atoms with Crippen LogP contribution < -0.4 is 5.56 Å². The van der Waals surface area contributed by atoms with Gasteiger partial charge in [-0.1, -0.05) is 0 Å². The number of carbonyl (C=O) groups excluding carboxylic acids is 4. The molecule has 0 aliphatic carbocycles. The molecule has 2 heterocycles. The second-order valence-electron chi connectivity index (χ2n) is 9.38. The molecule has 39 heavy (non-hydrogen) atoms. The van der Waals surface area contributed by atoms with Gasteiger partial charge in [0.2, 0.25) is 0 Å². The maximum atomic E-state index is 13.3. The molecule has 2 aromatic carbocycles. The monoisotopic (exact) mass is 603 g/mol. The maximum absolute atomic E-state index is 13.3. The zero-order chi connectivity index (χ0) is 28.3. The Morgan fingerprint density at radius 2 is 1.49 bits per heavy atom. The number of aromatic nitrogens is 1. The van der Waals surface area contributed by atoms with Crippen LogP contribution in [0.5, 0.6) is 0 Å². The van der Waals surface area contributed by atoms with Crippen LogP contribution in [0.1, 0.15) is 44.5 Å². The minimum atomic E-state index is -0.882. The van der Waals surface area contributed by atoms with Crippen molar-refractivity contribution in [2.24, 2.45) is 5.92 Å². The number of ether oxygens (including phenoxy) is 4. The summed E-state index contributed by atoms with van der Waals surface area (Å²) in [5, 5.41) is 0.688. The van der Waals surface area contributed by atoms with Crippen molar-refractivity contribution < 1.29 is 38.1 Å². The van der Waals surface area contributed by atoms with E-state index in [1.165, 1.54) is 20.8 Å². The molecule has 10 nitrogen and oxygen atoms in total. The zero-order valence-corrected chi connectivity index (χ0v) is 23.7. The van der Waals surface area contributed by atoms with Crippen molar-refractivity contribution in [3.05, 3.63) is 64.4 Å². The van der Waals surface area contributed by atoms with Gasteiger partial charge in [-0.25, -0.2) is 0 Å². The standard InChI is InChI=1S/C28H29NO9Se/c1-15-26(36-17(3)31)23(38-24(14-35-16(2)30)27(15)37-18(4)32)13-22(33)19-9-11-20(12-10-19)29-28(34)21-7-5-6-8-25(21)39-29/h5-12,15,23-24,26-27H,13-14H2,1-4H3/t15-,23+,24?,26?,27-/m1/s1. The van der Waals surface area contributed by atoms with Gasteiger partial charge in [0.25, 0.3) is 0 Å². The van der Waals surface area contributed by atoms with Gasteiger partial charge in [-0.2, -0.15) is 0 Å². The van der Waals surface area contributed by atoms with Gasteiger partial charge in [0.15, 0.2) is 0 Å². The molecule has 1 aromatic heterocycles. The first kappa shape index (κ1) is 28.5. The van der Waals surface area contributed by atoms with E-state index in [9.17, 15) is 24.0 Å². The number of ketones is 1. The van der Waals surface area contributed by atoms with Crippen LogP contribution >= 0.6 is 0 Å². The van der Waals surface area contributed by atoms with Crippen LogP contribution in [-0.2, 0) is 33.3 Å². The third-order valence-corrected chi connectivity index (χ3v) is 8.81. The van der Waals surface area contributed by atoms with E-state index in [1.54, 1.807) is 34.8 Å². The van der Waals surface area contributed by atoms with Gasteiger partial charge in [-0.05, 0) is 0 Å². The van der Waals surface area contributed by atoms with Gasteiger partial charge >= 0.3 is 208 Å². The number of Topliss-reactive ketones (excluding diaryl/α,β-unsaturated/α-hetero) is 1. The van der Waals surface area contributed by atoms with Gasteiger partial charge in [0, 0.05) is 13.8 Å². The van der Waals surface area contributed by atoms with Gasteiger partial charge in [0.1, 0.15) is 0 Å². The van der Waals surface area contributed by atoms with Gasteiger partial charge in [0.05, 0.1) is 0 Å². The summed E-state index contributed by atoms with van der Waals surface area (Å²) in [6.07, 6.45) is -3.61. The average molecular weight is 602 g/mol. The second-order valence-corrected chi connectivity index (χ2v) is 11.5. The summed E-state index contributed by atoms with van der Waals surface area (Å²) >= 11 is -0.196. The molecular weight excluding hydrogens is 573 g/mol. The molecular formula is C28H29NO9Se. The van der Waals surface area contributed by atoms with Crippen LogP contribution in [0.4, 0.5) is 0 Å². The number of rotatable bonds is 8. The number of hydrogen-bond donors (Lipinski definition) is 0. The molecule has 1 fully saturated rings. The van der Waals surface area contributed by atoms with E-state index in [4.69, 9.17) is 18.9 Å². The molecule has 11 heteroatoms. The van der Waals surface area contributed by atoms with Crippen molar-refractivity contribution in [3.63, 3.8) is 0 Å². The topological polar surface area (TPSA) is 127 Å². The molecule has 1 aliphatic rings. The molecule has 0 saturated carbocycles. The van der Waals surface area contributed by atoms with Gasteiger partial charge in [-0.3, -0.25) is 9.59 Å². The molecule has 1 saturated heterocycles. The van der Waals surface area contributed by atoms with Crippen LogP contribution in [0.2, 0.25) is 0 Å². The van der Waals surface area contributed by atoms with Crippen LogP contribution in [0.15, 0.2) is 53.3 Å². The van der Waals surface area contributed by atoms with E-state index in [0.29, 0.717) is 16.6 Å². The first-order valence-electron chi connectivity index (χ1n) is 12.4. The minimum Gasteiger partial charge on any atom is -0.253 e. The third kappa shape index (κ3) is 6.55. The van der Waals surface area contributed by atoms with E-state index in [-0.39, 0.29) is 39.1 Å². The summed E-state index contributed by atoms with van der Waals surface area (Å²) in [5.74, 6) is -2.49. The average Bonchev–Trinajstić information content (AvgIpc) is 3.23. The van der Waals surface area contributed by atoms with E-state index in [1.807, 2.05) is 24.3 Å². The van der Waals surface area contributed by atoms with E-state index >= 15 is 0 Å². The Morgan fingerprint density at radius 3 is 2.08 bits per heavy atom. The fourth-order valence-electron chi connectivity index (χ4n) is 4.72. The Morgan fingerprint density at radius 1 is 0.872 bits per heavy atom. The van der Waals surface area contributed by atoms with Crippen LogP contribution in [0.25, 0.3) is 15.3 Å².